The van der Waals surface area contributed by atoms with Gasteiger partial charge in [0.15, 0.2) is 0 Å². The van der Waals surface area contributed by atoms with Gasteiger partial charge in [0.2, 0.25) is 5.91 Å². The van der Waals surface area contributed by atoms with E-state index >= 15 is 0 Å². The lowest BCUT2D eigenvalue weighted by Crippen LogP contribution is -2.56. The Morgan fingerprint density at radius 2 is 2.44 bits per heavy atom. The quantitative estimate of drug-likeness (QED) is 0.726. The van der Waals surface area contributed by atoms with Crippen molar-refractivity contribution in [3.8, 4) is 0 Å². The van der Waals surface area contributed by atoms with Crippen LogP contribution in [0, 0.1) is 0 Å². The zero-order valence-corrected chi connectivity index (χ0v) is 10.8. The molecule has 0 saturated carbocycles. The second kappa shape index (κ2) is 5.45. The Bertz CT molecular complexity index is 415. The summed E-state index contributed by atoms with van der Waals surface area (Å²) in [6, 6.07) is -0.00601. The monoisotopic (exact) mass is 252 g/mol. The van der Waals surface area contributed by atoms with Gasteiger partial charge in [0.25, 0.3) is 0 Å². The molecular weight excluding hydrogens is 232 g/mol. The molecule has 3 N–H and O–H groups in total. The van der Waals surface area contributed by atoms with Gasteiger partial charge in [-0.1, -0.05) is 0 Å². The first-order valence-corrected chi connectivity index (χ1v) is 6.22. The van der Waals surface area contributed by atoms with Crippen molar-refractivity contribution in [2.75, 3.05) is 19.6 Å². The van der Waals surface area contributed by atoms with Gasteiger partial charge >= 0.3 is 0 Å². The van der Waals surface area contributed by atoms with Crippen molar-refractivity contribution < 1.29 is 4.79 Å². The van der Waals surface area contributed by atoms with Gasteiger partial charge in [-0.05, 0) is 13.8 Å². The van der Waals surface area contributed by atoms with Crippen LogP contribution in [-0.2, 0) is 11.3 Å². The van der Waals surface area contributed by atoms with Gasteiger partial charge in [-0.2, -0.15) is 5.10 Å². The molecule has 0 aliphatic carbocycles. The molecule has 1 amide bonds. The van der Waals surface area contributed by atoms with E-state index in [1.165, 1.54) is 0 Å². The number of nitrogens with zero attached hydrogens (tertiary/aromatic N) is 4. The second-order valence-corrected chi connectivity index (χ2v) is 4.81. The smallest absolute Gasteiger partial charge is 0.236 e. The van der Waals surface area contributed by atoms with Crippen LogP contribution >= 0.6 is 0 Å². The van der Waals surface area contributed by atoms with Crippen LogP contribution in [0.15, 0.2) is 6.33 Å². The molecule has 1 fully saturated rings. The Morgan fingerprint density at radius 3 is 3.11 bits per heavy atom. The highest BCUT2D eigenvalue weighted by Gasteiger charge is 2.28. The van der Waals surface area contributed by atoms with Crippen LogP contribution < -0.4 is 11.1 Å². The van der Waals surface area contributed by atoms with Crippen molar-refractivity contribution in [2.24, 2.45) is 5.73 Å². The minimum absolute atomic E-state index is 0.262. The number of hydrogen-bond acceptors (Lipinski definition) is 5. The fourth-order valence-corrected chi connectivity index (χ4v) is 2.22. The fourth-order valence-electron chi connectivity index (χ4n) is 2.22. The first-order valence-electron chi connectivity index (χ1n) is 6.22. The number of amides is 1. The first kappa shape index (κ1) is 13.0. The molecule has 2 rings (SSSR count). The van der Waals surface area contributed by atoms with Crippen LogP contribution in [-0.4, -0.2) is 51.2 Å². The van der Waals surface area contributed by atoms with Crippen LogP contribution in [0.2, 0.25) is 0 Å². The third-order valence-corrected chi connectivity index (χ3v) is 3.16. The topological polar surface area (TPSA) is 89.1 Å². The van der Waals surface area contributed by atoms with Gasteiger partial charge in [-0.25, -0.2) is 9.67 Å². The van der Waals surface area contributed by atoms with Crippen molar-refractivity contribution in [1.29, 1.82) is 0 Å². The summed E-state index contributed by atoms with van der Waals surface area (Å²) in [7, 11) is 0. The van der Waals surface area contributed by atoms with Gasteiger partial charge in [0.05, 0.1) is 6.54 Å². The van der Waals surface area contributed by atoms with Crippen LogP contribution in [0.25, 0.3) is 0 Å². The van der Waals surface area contributed by atoms with Gasteiger partial charge in [0.1, 0.15) is 18.2 Å². The van der Waals surface area contributed by atoms with Crippen LogP contribution in [0.5, 0.6) is 0 Å². The highest BCUT2D eigenvalue weighted by atomic mass is 16.1. The third kappa shape index (κ3) is 2.68. The number of carbonyl (C=O) groups excluding carboxylic acids is 1. The largest absolute Gasteiger partial charge is 0.368 e. The van der Waals surface area contributed by atoms with E-state index in [-0.39, 0.29) is 18.0 Å². The molecule has 1 aliphatic heterocycles. The van der Waals surface area contributed by atoms with E-state index in [0.29, 0.717) is 13.1 Å². The Labute approximate surface area is 106 Å². The van der Waals surface area contributed by atoms with Gasteiger partial charge in [-0.15, -0.1) is 0 Å². The molecule has 1 aliphatic rings. The lowest BCUT2D eigenvalue weighted by atomic mass is 10.2. The summed E-state index contributed by atoms with van der Waals surface area (Å²) < 4.78 is 1.88. The average molecular weight is 252 g/mol. The second-order valence-electron chi connectivity index (χ2n) is 4.81. The molecule has 1 aromatic rings. The van der Waals surface area contributed by atoms with Gasteiger partial charge in [0, 0.05) is 25.7 Å². The van der Waals surface area contributed by atoms with E-state index in [2.05, 4.69) is 34.1 Å². The summed E-state index contributed by atoms with van der Waals surface area (Å²) in [6.45, 7) is 6.97. The number of rotatable bonds is 4. The van der Waals surface area contributed by atoms with E-state index in [0.717, 1.165) is 18.9 Å². The van der Waals surface area contributed by atoms with Crippen LogP contribution in [0.4, 0.5) is 0 Å². The fraction of sp³-hybridized carbons (Fsp3) is 0.727. The zero-order chi connectivity index (χ0) is 13.1. The standard InChI is InChI=1S/C11H20N6O/c1-8(2)17-10(14-7-15-17)6-16-4-3-13-5-9(16)11(12)18/h7-9,13H,3-6H2,1-2H3,(H2,12,18). The molecular formula is C11H20N6O. The molecule has 0 radical (unpaired) electrons. The minimum atomic E-state index is -0.294. The molecule has 1 atom stereocenters. The number of hydrogen-bond donors (Lipinski definition) is 2. The summed E-state index contributed by atoms with van der Waals surface area (Å²) in [6.07, 6.45) is 1.55. The summed E-state index contributed by atoms with van der Waals surface area (Å²) in [5, 5.41) is 7.38. The maximum atomic E-state index is 11.4. The van der Waals surface area contributed by atoms with E-state index in [4.69, 9.17) is 5.73 Å². The predicted octanol–water partition coefficient (Wildman–Crippen LogP) is -0.882. The minimum Gasteiger partial charge on any atom is -0.368 e. The maximum Gasteiger partial charge on any atom is 0.236 e. The Hall–Kier alpha value is -1.47. The molecule has 7 nitrogen and oxygen atoms in total. The number of nitrogens with two attached hydrogens (primary N) is 1. The van der Waals surface area contributed by atoms with E-state index in [1.807, 2.05) is 4.68 Å². The third-order valence-electron chi connectivity index (χ3n) is 3.16. The molecule has 100 valence electrons. The van der Waals surface area contributed by atoms with Crippen LogP contribution in [0.3, 0.4) is 0 Å². The molecule has 1 aromatic heterocycles. The van der Waals surface area contributed by atoms with Crippen molar-refractivity contribution in [2.45, 2.75) is 32.5 Å². The van der Waals surface area contributed by atoms with E-state index in [1.54, 1.807) is 6.33 Å². The number of aromatic nitrogens is 3. The van der Waals surface area contributed by atoms with Crippen molar-refractivity contribution in [3.05, 3.63) is 12.2 Å². The van der Waals surface area contributed by atoms with Crippen molar-refractivity contribution >= 4 is 5.91 Å². The highest BCUT2D eigenvalue weighted by Crippen LogP contribution is 2.11. The Kier molecular flexibility index (Phi) is 3.93. The normalized spacial score (nSPS) is 21.4. The lowest BCUT2D eigenvalue weighted by Gasteiger charge is -2.33. The van der Waals surface area contributed by atoms with Crippen LogP contribution in [0.1, 0.15) is 25.7 Å². The summed E-state index contributed by atoms with van der Waals surface area (Å²) >= 11 is 0. The molecule has 7 heteroatoms. The van der Waals surface area contributed by atoms with E-state index in [9.17, 15) is 4.79 Å². The summed E-state index contributed by atoms with van der Waals surface area (Å²) in [5.74, 6) is 0.580. The molecule has 0 aromatic carbocycles. The molecule has 18 heavy (non-hydrogen) atoms. The number of piperazine rings is 1. The Balaban J connectivity index is 2.11. The number of nitrogens with one attached hydrogen (secondary N) is 1. The average Bonchev–Trinajstić information content (AvgIpc) is 2.77. The first-order chi connectivity index (χ1) is 8.59. The summed E-state index contributed by atoms with van der Waals surface area (Å²) in [5.41, 5.74) is 5.42. The summed E-state index contributed by atoms with van der Waals surface area (Å²) in [4.78, 5) is 17.7. The Morgan fingerprint density at radius 1 is 1.67 bits per heavy atom. The van der Waals surface area contributed by atoms with Gasteiger partial charge in [-0.3, -0.25) is 9.69 Å². The van der Waals surface area contributed by atoms with Crippen molar-refractivity contribution in [1.82, 2.24) is 25.0 Å². The number of carbonyl (C=O) groups is 1. The maximum absolute atomic E-state index is 11.4. The molecule has 1 saturated heterocycles. The van der Waals surface area contributed by atoms with Gasteiger partial charge < -0.3 is 11.1 Å². The van der Waals surface area contributed by atoms with E-state index < -0.39 is 0 Å². The molecule has 0 spiro atoms. The van der Waals surface area contributed by atoms with Crippen molar-refractivity contribution in [3.63, 3.8) is 0 Å². The molecule has 0 bridgehead atoms. The molecule has 2 heterocycles. The SMILES string of the molecule is CC(C)n1ncnc1CN1CCNCC1C(N)=O. The highest BCUT2D eigenvalue weighted by molar-refractivity contribution is 5.80. The number of primary amides is 1. The lowest BCUT2D eigenvalue weighted by molar-refractivity contribution is -0.124. The zero-order valence-electron chi connectivity index (χ0n) is 10.8. The predicted molar refractivity (Wildman–Crippen MR) is 66.7 cm³/mol. The molecule has 1 unspecified atom stereocenters.